The number of aryl methyl sites for hydroxylation is 1. The summed E-state index contributed by atoms with van der Waals surface area (Å²) in [5, 5.41) is 10.1. The van der Waals surface area contributed by atoms with E-state index in [-0.39, 0.29) is 0 Å². The van der Waals surface area contributed by atoms with Crippen molar-refractivity contribution in [1.29, 1.82) is 0 Å². The molecular formula is C18H29NO. The van der Waals surface area contributed by atoms with Crippen molar-refractivity contribution in [2.24, 2.45) is 5.92 Å². The zero-order chi connectivity index (χ0) is 14.5. The molecule has 0 radical (unpaired) electrons. The minimum atomic E-state index is 0.447. The van der Waals surface area contributed by atoms with Crippen LogP contribution < -0.4 is 0 Å². The molecule has 0 unspecified atom stereocenters. The Balaban J connectivity index is 2.07. The van der Waals surface area contributed by atoms with Gasteiger partial charge in [0.05, 0.1) is 0 Å². The van der Waals surface area contributed by atoms with Gasteiger partial charge in [-0.1, -0.05) is 44.4 Å². The molecule has 2 rings (SSSR count). The summed E-state index contributed by atoms with van der Waals surface area (Å²) in [6.07, 6.45) is 6.61. The van der Waals surface area contributed by atoms with E-state index >= 15 is 0 Å². The van der Waals surface area contributed by atoms with Gasteiger partial charge in [0.1, 0.15) is 5.75 Å². The van der Waals surface area contributed by atoms with Crippen LogP contribution in [0.4, 0.5) is 0 Å². The van der Waals surface area contributed by atoms with Gasteiger partial charge in [-0.3, -0.25) is 4.90 Å². The van der Waals surface area contributed by atoms with Crippen molar-refractivity contribution >= 4 is 0 Å². The fourth-order valence-corrected chi connectivity index (χ4v) is 3.14. The Morgan fingerprint density at radius 3 is 2.60 bits per heavy atom. The highest BCUT2D eigenvalue weighted by molar-refractivity contribution is 5.35. The molecule has 2 heteroatoms. The van der Waals surface area contributed by atoms with Crippen molar-refractivity contribution in [2.45, 2.75) is 65.5 Å². The molecule has 0 amide bonds. The van der Waals surface area contributed by atoms with Crippen molar-refractivity contribution in [3.63, 3.8) is 0 Å². The number of phenolic OH excluding ortho intramolecular Hbond substituents is 1. The second-order valence-corrected chi connectivity index (χ2v) is 6.72. The molecule has 1 aromatic rings. The number of nitrogens with zero attached hydrogens (tertiary/aromatic N) is 1. The first-order valence-corrected chi connectivity index (χ1v) is 8.09. The van der Waals surface area contributed by atoms with Crippen LogP contribution in [0.3, 0.4) is 0 Å². The summed E-state index contributed by atoms with van der Waals surface area (Å²) >= 11 is 0. The lowest BCUT2D eigenvalue weighted by Crippen LogP contribution is -2.34. The standard InChI is InChI=1S/C18H29NO/c1-14(2)10-11-19(17-6-4-5-7-17)13-16-12-15(3)8-9-18(16)20/h8-9,12,14,17,20H,4-7,10-11,13H2,1-3H3. The van der Waals surface area contributed by atoms with Crippen LogP contribution in [0.5, 0.6) is 5.75 Å². The van der Waals surface area contributed by atoms with Gasteiger partial charge in [-0.2, -0.15) is 0 Å². The van der Waals surface area contributed by atoms with Gasteiger partial charge in [0, 0.05) is 18.2 Å². The van der Waals surface area contributed by atoms with Gasteiger partial charge in [0.2, 0.25) is 0 Å². The lowest BCUT2D eigenvalue weighted by molar-refractivity contribution is 0.178. The fourth-order valence-electron chi connectivity index (χ4n) is 3.14. The molecule has 0 bridgehead atoms. The van der Waals surface area contributed by atoms with Crippen LogP contribution in [-0.4, -0.2) is 22.6 Å². The van der Waals surface area contributed by atoms with Crippen LogP contribution in [0, 0.1) is 12.8 Å². The van der Waals surface area contributed by atoms with Crippen LogP contribution >= 0.6 is 0 Å². The van der Waals surface area contributed by atoms with E-state index in [1.165, 1.54) is 37.7 Å². The lowest BCUT2D eigenvalue weighted by atomic mass is 10.1. The van der Waals surface area contributed by atoms with E-state index in [9.17, 15) is 5.11 Å². The first-order chi connectivity index (χ1) is 9.56. The van der Waals surface area contributed by atoms with Gasteiger partial charge in [-0.05, 0) is 44.7 Å². The average molecular weight is 275 g/mol. The third kappa shape index (κ3) is 4.24. The van der Waals surface area contributed by atoms with Crippen LogP contribution in [-0.2, 0) is 6.54 Å². The zero-order valence-electron chi connectivity index (χ0n) is 13.2. The maximum absolute atomic E-state index is 10.1. The summed E-state index contributed by atoms with van der Waals surface area (Å²) in [4.78, 5) is 2.60. The lowest BCUT2D eigenvalue weighted by Gasteiger charge is -2.30. The van der Waals surface area contributed by atoms with Gasteiger partial charge in [0.15, 0.2) is 0 Å². The van der Waals surface area contributed by atoms with Gasteiger partial charge < -0.3 is 5.11 Å². The summed E-state index contributed by atoms with van der Waals surface area (Å²) in [6, 6.07) is 6.66. The highest BCUT2D eigenvalue weighted by atomic mass is 16.3. The Morgan fingerprint density at radius 1 is 1.25 bits per heavy atom. The molecule has 1 aromatic carbocycles. The summed E-state index contributed by atoms with van der Waals surface area (Å²) in [7, 11) is 0. The Hall–Kier alpha value is -1.02. The summed E-state index contributed by atoms with van der Waals surface area (Å²) in [5.74, 6) is 1.19. The van der Waals surface area contributed by atoms with E-state index in [0.29, 0.717) is 11.8 Å². The van der Waals surface area contributed by atoms with E-state index in [4.69, 9.17) is 0 Å². The molecule has 0 saturated heterocycles. The molecule has 1 fully saturated rings. The van der Waals surface area contributed by atoms with Crippen molar-refractivity contribution in [3.05, 3.63) is 29.3 Å². The largest absolute Gasteiger partial charge is 0.508 e. The van der Waals surface area contributed by atoms with Crippen molar-refractivity contribution in [3.8, 4) is 5.75 Å². The molecule has 0 spiro atoms. The van der Waals surface area contributed by atoms with Crippen LogP contribution in [0.15, 0.2) is 18.2 Å². The number of phenols is 1. The molecule has 0 heterocycles. The molecule has 0 atom stereocenters. The fraction of sp³-hybridized carbons (Fsp3) is 0.667. The highest BCUT2D eigenvalue weighted by Crippen LogP contribution is 2.28. The molecule has 20 heavy (non-hydrogen) atoms. The Labute approximate surface area is 123 Å². The van der Waals surface area contributed by atoms with E-state index in [1.807, 2.05) is 12.1 Å². The molecular weight excluding hydrogens is 246 g/mol. The zero-order valence-corrected chi connectivity index (χ0v) is 13.2. The molecule has 2 nitrogen and oxygen atoms in total. The number of hydrogen-bond donors (Lipinski definition) is 1. The monoisotopic (exact) mass is 275 g/mol. The van der Waals surface area contributed by atoms with Crippen molar-refractivity contribution in [2.75, 3.05) is 6.54 Å². The van der Waals surface area contributed by atoms with Crippen molar-refractivity contribution < 1.29 is 5.11 Å². The van der Waals surface area contributed by atoms with E-state index < -0.39 is 0 Å². The maximum atomic E-state index is 10.1. The van der Waals surface area contributed by atoms with Crippen LogP contribution in [0.2, 0.25) is 0 Å². The Bertz CT molecular complexity index is 421. The Kier molecular flexibility index (Phi) is 5.47. The minimum absolute atomic E-state index is 0.447. The van der Waals surface area contributed by atoms with Crippen LogP contribution in [0.1, 0.15) is 57.1 Å². The smallest absolute Gasteiger partial charge is 0.120 e. The number of aromatic hydroxyl groups is 1. The predicted octanol–water partition coefficient (Wildman–Crippen LogP) is 4.49. The van der Waals surface area contributed by atoms with Gasteiger partial charge in [-0.15, -0.1) is 0 Å². The minimum Gasteiger partial charge on any atom is -0.508 e. The normalized spacial score (nSPS) is 16.4. The third-order valence-corrected chi connectivity index (χ3v) is 4.44. The first kappa shape index (κ1) is 15.4. The second-order valence-electron chi connectivity index (χ2n) is 6.72. The van der Waals surface area contributed by atoms with Gasteiger partial charge >= 0.3 is 0 Å². The quantitative estimate of drug-likeness (QED) is 0.826. The van der Waals surface area contributed by atoms with Gasteiger partial charge in [0.25, 0.3) is 0 Å². The van der Waals surface area contributed by atoms with E-state index in [1.54, 1.807) is 0 Å². The average Bonchev–Trinajstić information content (AvgIpc) is 2.92. The second kappa shape index (κ2) is 7.12. The predicted molar refractivity (Wildman–Crippen MR) is 85.0 cm³/mol. The molecule has 1 saturated carbocycles. The molecule has 0 aromatic heterocycles. The number of benzene rings is 1. The molecule has 1 aliphatic carbocycles. The summed E-state index contributed by atoms with van der Waals surface area (Å²) in [6.45, 7) is 8.71. The van der Waals surface area contributed by atoms with Crippen LogP contribution in [0.25, 0.3) is 0 Å². The van der Waals surface area contributed by atoms with E-state index in [0.717, 1.165) is 24.6 Å². The summed E-state index contributed by atoms with van der Waals surface area (Å²) < 4.78 is 0. The number of rotatable bonds is 6. The third-order valence-electron chi connectivity index (χ3n) is 4.44. The Morgan fingerprint density at radius 2 is 1.95 bits per heavy atom. The highest BCUT2D eigenvalue weighted by Gasteiger charge is 2.23. The summed E-state index contributed by atoms with van der Waals surface area (Å²) in [5.41, 5.74) is 2.31. The maximum Gasteiger partial charge on any atom is 0.120 e. The molecule has 1 aliphatic rings. The van der Waals surface area contributed by atoms with Gasteiger partial charge in [-0.25, -0.2) is 0 Å². The number of hydrogen-bond acceptors (Lipinski definition) is 2. The first-order valence-electron chi connectivity index (χ1n) is 8.09. The van der Waals surface area contributed by atoms with E-state index in [2.05, 4.69) is 31.7 Å². The molecule has 0 aliphatic heterocycles. The SMILES string of the molecule is Cc1ccc(O)c(CN(CCC(C)C)C2CCCC2)c1. The van der Waals surface area contributed by atoms with Crippen molar-refractivity contribution in [1.82, 2.24) is 4.90 Å². The molecule has 112 valence electrons. The molecule has 1 N–H and O–H groups in total. The topological polar surface area (TPSA) is 23.5 Å².